The third-order valence-electron chi connectivity index (χ3n) is 4.51. The Labute approximate surface area is 149 Å². The van der Waals surface area contributed by atoms with Crippen molar-refractivity contribution >= 4 is 11.8 Å². The van der Waals surface area contributed by atoms with Gasteiger partial charge in [-0.15, -0.1) is 0 Å². The molecule has 1 aromatic rings. The van der Waals surface area contributed by atoms with Crippen molar-refractivity contribution < 1.29 is 27.5 Å². The van der Waals surface area contributed by atoms with Crippen molar-refractivity contribution in [3.8, 4) is 0 Å². The first-order chi connectivity index (χ1) is 12.3. The average Bonchev–Trinajstić information content (AvgIpc) is 2.64. The van der Waals surface area contributed by atoms with Crippen molar-refractivity contribution in [2.24, 2.45) is 5.73 Å². The molecule has 1 saturated heterocycles. The van der Waals surface area contributed by atoms with Gasteiger partial charge in [0.2, 0.25) is 11.8 Å². The van der Waals surface area contributed by atoms with Crippen LogP contribution in [0.15, 0.2) is 24.3 Å². The molecule has 6 nitrogen and oxygen atoms in total. The van der Waals surface area contributed by atoms with Crippen LogP contribution in [0.4, 0.5) is 13.2 Å². The van der Waals surface area contributed by atoms with Gasteiger partial charge in [-0.3, -0.25) is 9.59 Å². The molecule has 9 heteroatoms. The Kier molecular flexibility index (Phi) is 6.60. The molecule has 0 aliphatic carbocycles. The highest BCUT2D eigenvalue weighted by Gasteiger charge is 2.37. The number of alkyl halides is 3. The molecule has 0 saturated carbocycles. The van der Waals surface area contributed by atoms with Gasteiger partial charge in [-0.2, -0.15) is 13.2 Å². The Morgan fingerprint density at radius 2 is 1.85 bits per heavy atom. The monoisotopic (exact) mass is 373 g/mol. The number of ether oxygens (including phenoxy) is 1. The lowest BCUT2D eigenvalue weighted by Gasteiger charge is -2.38. The summed E-state index contributed by atoms with van der Waals surface area (Å²) < 4.78 is 44.5. The first kappa shape index (κ1) is 20.2. The number of benzene rings is 1. The van der Waals surface area contributed by atoms with Gasteiger partial charge in [0.05, 0.1) is 18.7 Å². The highest BCUT2D eigenvalue weighted by molar-refractivity contribution is 5.85. The zero-order valence-corrected chi connectivity index (χ0v) is 14.2. The second kappa shape index (κ2) is 8.50. The summed E-state index contributed by atoms with van der Waals surface area (Å²) in [5.41, 5.74) is 4.30. The normalized spacial score (nSPS) is 16.8. The molecule has 0 unspecified atom stereocenters. The van der Waals surface area contributed by atoms with E-state index in [-0.39, 0.29) is 19.6 Å². The van der Waals surface area contributed by atoms with E-state index in [0.29, 0.717) is 31.6 Å². The van der Waals surface area contributed by atoms with Crippen molar-refractivity contribution in [2.75, 3.05) is 32.8 Å². The molecule has 0 atom stereocenters. The van der Waals surface area contributed by atoms with Gasteiger partial charge in [-0.25, -0.2) is 0 Å². The van der Waals surface area contributed by atoms with Gasteiger partial charge < -0.3 is 21.1 Å². The summed E-state index contributed by atoms with van der Waals surface area (Å²) >= 11 is 0. The van der Waals surface area contributed by atoms with E-state index in [1.807, 2.05) is 0 Å². The van der Waals surface area contributed by atoms with Crippen LogP contribution < -0.4 is 16.4 Å². The molecule has 1 fully saturated rings. The second-order valence-corrected chi connectivity index (χ2v) is 6.23. The minimum absolute atomic E-state index is 0.162. The van der Waals surface area contributed by atoms with Gasteiger partial charge in [0.1, 0.15) is 0 Å². The first-order valence-electron chi connectivity index (χ1n) is 8.26. The molecule has 0 spiro atoms. The Hall–Kier alpha value is -2.13. The molecule has 0 aromatic heterocycles. The predicted molar refractivity (Wildman–Crippen MR) is 88.2 cm³/mol. The average molecular weight is 373 g/mol. The molecule has 0 radical (unpaired) electrons. The molecule has 0 bridgehead atoms. The van der Waals surface area contributed by atoms with E-state index < -0.39 is 29.0 Å². The van der Waals surface area contributed by atoms with Crippen molar-refractivity contribution in [1.29, 1.82) is 0 Å². The van der Waals surface area contributed by atoms with Gasteiger partial charge in [0, 0.05) is 25.2 Å². The summed E-state index contributed by atoms with van der Waals surface area (Å²) in [5.74, 6) is -0.886. The number of carbonyl (C=O) groups is 2. The van der Waals surface area contributed by atoms with E-state index in [1.165, 1.54) is 6.07 Å². The summed E-state index contributed by atoms with van der Waals surface area (Å²) in [6.07, 6.45) is -3.45. The summed E-state index contributed by atoms with van der Waals surface area (Å²) in [6.45, 7) is 0.505. The Balaban J connectivity index is 2.13. The molecule has 144 valence electrons. The van der Waals surface area contributed by atoms with E-state index in [9.17, 15) is 22.8 Å². The SMILES string of the molecule is NCC(=O)NCC(=O)NCC1(c2cccc(C(F)(F)F)c2)CCOCC1. The molecular weight excluding hydrogens is 351 g/mol. The van der Waals surface area contributed by atoms with Crippen LogP contribution in [-0.2, 0) is 25.9 Å². The molecule has 2 rings (SSSR count). The quantitative estimate of drug-likeness (QED) is 0.692. The van der Waals surface area contributed by atoms with Crippen LogP contribution in [0.5, 0.6) is 0 Å². The molecule has 1 aliphatic heterocycles. The van der Waals surface area contributed by atoms with Gasteiger partial charge in [-0.1, -0.05) is 18.2 Å². The van der Waals surface area contributed by atoms with Crippen LogP contribution in [0.25, 0.3) is 0 Å². The maximum atomic E-state index is 13.0. The second-order valence-electron chi connectivity index (χ2n) is 6.23. The maximum Gasteiger partial charge on any atom is 0.416 e. The fraction of sp³-hybridized carbons (Fsp3) is 0.529. The van der Waals surface area contributed by atoms with E-state index in [0.717, 1.165) is 12.1 Å². The number of rotatable bonds is 6. The number of amides is 2. The molecule has 1 aliphatic rings. The Morgan fingerprint density at radius 3 is 2.46 bits per heavy atom. The fourth-order valence-corrected chi connectivity index (χ4v) is 2.94. The van der Waals surface area contributed by atoms with Gasteiger partial charge in [0.15, 0.2) is 0 Å². The summed E-state index contributed by atoms with van der Waals surface area (Å²) in [4.78, 5) is 23.0. The number of nitrogens with one attached hydrogen (secondary N) is 2. The number of carbonyl (C=O) groups excluding carboxylic acids is 2. The summed E-state index contributed by atoms with van der Waals surface area (Å²) in [5, 5.41) is 5.05. The third kappa shape index (κ3) is 5.18. The largest absolute Gasteiger partial charge is 0.416 e. The molecule has 2 amide bonds. The van der Waals surface area contributed by atoms with Crippen molar-refractivity contribution in [3.05, 3.63) is 35.4 Å². The summed E-state index contributed by atoms with van der Waals surface area (Å²) in [6, 6.07) is 5.17. The lowest BCUT2D eigenvalue weighted by molar-refractivity contribution is -0.137. The number of halogens is 3. The molecular formula is C17H22F3N3O3. The fourth-order valence-electron chi connectivity index (χ4n) is 2.94. The van der Waals surface area contributed by atoms with Crippen LogP contribution in [-0.4, -0.2) is 44.7 Å². The highest BCUT2D eigenvalue weighted by atomic mass is 19.4. The van der Waals surface area contributed by atoms with Gasteiger partial charge in [0.25, 0.3) is 0 Å². The Morgan fingerprint density at radius 1 is 1.15 bits per heavy atom. The smallest absolute Gasteiger partial charge is 0.381 e. The zero-order valence-electron chi connectivity index (χ0n) is 14.2. The van der Waals surface area contributed by atoms with Crippen LogP contribution >= 0.6 is 0 Å². The van der Waals surface area contributed by atoms with Crippen LogP contribution in [0, 0.1) is 0 Å². The third-order valence-corrected chi connectivity index (χ3v) is 4.51. The van der Waals surface area contributed by atoms with Crippen molar-refractivity contribution in [1.82, 2.24) is 10.6 Å². The Bertz CT molecular complexity index is 644. The number of hydrogen-bond acceptors (Lipinski definition) is 4. The highest BCUT2D eigenvalue weighted by Crippen LogP contribution is 2.37. The first-order valence-corrected chi connectivity index (χ1v) is 8.26. The van der Waals surface area contributed by atoms with Crippen LogP contribution in [0.3, 0.4) is 0 Å². The van der Waals surface area contributed by atoms with E-state index in [2.05, 4.69) is 10.6 Å². The lowest BCUT2D eigenvalue weighted by atomic mass is 9.73. The standard InChI is InChI=1S/C17H22F3N3O3/c18-17(19,20)13-3-1-2-12(8-13)16(4-6-26-7-5-16)11-23-15(25)10-22-14(24)9-21/h1-3,8H,4-7,9-11,21H2,(H,22,24)(H,23,25). The molecule has 1 heterocycles. The maximum absolute atomic E-state index is 13.0. The predicted octanol–water partition coefficient (Wildman–Crippen LogP) is 0.945. The molecule has 26 heavy (non-hydrogen) atoms. The van der Waals surface area contributed by atoms with E-state index in [4.69, 9.17) is 10.5 Å². The van der Waals surface area contributed by atoms with Gasteiger partial charge in [-0.05, 0) is 24.5 Å². The van der Waals surface area contributed by atoms with E-state index >= 15 is 0 Å². The number of nitrogens with two attached hydrogens (primary N) is 1. The molecule has 1 aromatic carbocycles. The number of hydrogen-bond donors (Lipinski definition) is 3. The zero-order chi connectivity index (χ0) is 19.2. The minimum Gasteiger partial charge on any atom is -0.381 e. The van der Waals surface area contributed by atoms with Crippen molar-refractivity contribution in [3.63, 3.8) is 0 Å². The lowest BCUT2D eigenvalue weighted by Crippen LogP contribution is -2.47. The summed E-state index contributed by atoms with van der Waals surface area (Å²) in [7, 11) is 0. The van der Waals surface area contributed by atoms with Gasteiger partial charge >= 0.3 is 6.18 Å². The van der Waals surface area contributed by atoms with Crippen LogP contribution in [0.1, 0.15) is 24.0 Å². The minimum atomic E-state index is -4.43. The van der Waals surface area contributed by atoms with E-state index in [1.54, 1.807) is 6.07 Å². The van der Waals surface area contributed by atoms with Crippen molar-refractivity contribution in [2.45, 2.75) is 24.4 Å². The van der Waals surface area contributed by atoms with Crippen LogP contribution in [0.2, 0.25) is 0 Å². The molecule has 4 N–H and O–H groups in total. The topological polar surface area (TPSA) is 93.5 Å².